The monoisotopic (exact) mass is 338 g/mol. The Morgan fingerprint density at radius 1 is 1.33 bits per heavy atom. The van der Waals surface area contributed by atoms with Crippen molar-refractivity contribution in [1.29, 1.82) is 0 Å². The summed E-state index contributed by atoms with van der Waals surface area (Å²) in [6.45, 7) is 2.99. The lowest BCUT2D eigenvalue weighted by Gasteiger charge is -2.00. The van der Waals surface area contributed by atoms with Crippen LogP contribution in [0.1, 0.15) is 11.1 Å². The molecule has 1 N–H and O–H groups in total. The van der Waals surface area contributed by atoms with E-state index in [4.69, 9.17) is 0 Å². The Morgan fingerprint density at radius 3 is 3.00 bits per heavy atom. The Bertz CT molecular complexity index is 687. The molecule has 2 aromatic heterocycles. The van der Waals surface area contributed by atoms with Gasteiger partial charge in [0.2, 0.25) is 0 Å². The quantitative estimate of drug-likeness (QED) is 0.723. The van der Waals surface area contributed by atoms with Gasteiger partial charge in [0.25, 0.3) is 0 Å². The van der Waals surface area contributed by atoms with Crippen molar-refractivity contribution in [2.24, 2.45) is 0 Å². The van der Waals surface area contributed by atoms with Crippen LogP contribution in [-0.4, -0.2) is 4.98 Å². The molecule has 92 valence electrons. The van der Waals surface area contributed by atoms with Crippen molar-refractivity contribution >= 4 is 54.0 Å². The van der Waals surface area contributed by atoms with Gasteiger partial charge in [-0.1, -0.05) is 27.3 Å². The molecule has 0 saturated heterocycles. The molecule has 2 nitrogen and oxygen atoms in total. The molecule has 0 unspecified atom stereocenters. The third-order valence-corrected chi connectivity index (χ3v) is 5.12. The van der Waals surface area contributed by atoms with Gasteiger partial charge in [-0.25, -0.2) is 4.98 Å². The van der Waals surface area contributed by atoms with Crippen LogP contribution in [0, 0.1) is 6.92 Å². The van der Waals surface area contributed by atoms with Crippen LogP contribution in [0.2, 0.25) is 0 Å². The van der Waals surface area contributed by atoms with Crippen LogP contribution in [0.3, 0.4) is 0 Å². The van der Waals surface area contributed by atoms with Crippen molar-refractivity contribution in [3.63, 3.8) is 0 Å². The normalized spacial score (nSPS) is 11.0. The van der Waals surface area contributed by atoms with Gasteiger partial charge in [0.05, 0.1) is 10.2 Å². The van der Waals surface area contributed by atoms with Crippen molar-refractivity contribution < 1.29 is 0 Å². The molecular formula is C13H11BrN2S2. The van der Waals surface area contributed by atoms with Crippen molar-refractivity contribution in [3.05, 3.63) is 44.6 Å². The molecule has 18 heavy (non-hydrogen) atoms. The van der Waals surface area contributed by atoms with E-state index in [0.717, 1.165) is 21.7 Å². The minimum absolute atomic E-state index is 0.844. The third kappa shape index (κ3) is 2.43. The smallest absolute Gasteiger partial charge is 0.184 e. The molecule has 3 aromatic rings. The summed E-state index contributed by atoms with van der Waals surface area (Å²) in [5.74, 6) is 0. The standard InChI is InChI=1S/C13H11BrN2S2/c1-8-6-17-7-9(8)5-15-13-16-11-3-2-10(14)4-12(11)18-13/h2-4,6-7H,5H2,1H3,(H,15,16). The maximum atomic E-state index is 4.57. The number of anilines is 1. The third-order valence-electron chi connectivity index (χ3n) is 2.74. The molecule has 0 amide bonds. The molecular weight excluding hydrogens is 328 g/mol. The molecule has 0 radical (unpaired) electrons. The SMILES string of the molecule is Cc1cscc1CNc1nc2ccc(Br)cc2s1. The molecule has 0 aliphatic rings. The summed E-state index contributed by atoms with van der Waals surface area (Å²) in [5.41, 5.74) is 3.74. The number of halogens is 1. The fourth-order valence-electron chi connectivity index (χ4n) is 1.71. The molecule has 1 aromatic carbocycles. The topological polar surface area (TPSA) is 24.9 Å². The van der Waals surface area contributed by atoms with Gasteiger partial charge in [-0.3, -0.25) is 0 Å². The molecule has 0 aliphatic carbocycles. The number of hydrogen-bond donors (Lipinski definition) is 1. The maximum Gasteiger partial charge on any atom is 0.184 e. The molecule has 0 spiro atoms. The highest BCUT2D eigenvalue weighted by Crippen LogP contribution is 2.29. The van der Waals surface area contributed by atoms with Gasteiger partial charge < -0.3 is 5.32 Å². The minimum atomic E-state index is 0.844. The Kier molecular flexibility index (Phi) is 3.37. The molecule has 0 aliphatic heterocycles. The van der Waals surface area contributed by atoms with E-state index in [-0.39, 0.29) is 0 Å². The summed E-state index contributed by atoms with van der Waals surface area (Å²) in [7, 11) is 0. The number of nitrogens with one attached hydrogen (secondary N) is 1. The first-order valence-corrected chi connectivity index (χ1v) is 8.09. The van der Waals surface area contributed by atoms with E-state index in [0.29, 0.717) is 0 Å². The molecule has 2 heterocycles. The summed E-state index contributed by atoms with van der Waals surface area (Å²) in [6, 6.07) is 6.17. The van der Waals surface area contributed by atoms with E-state index < -0.39 is 0 Å². The summed E-state index contributed by atoms with van der Waals surface area (Å²) in [4.78, 5) is 4.57. The predicted molar refractivity (Wildman–Crippen MR) is 83.7 cm³/mol. The lowest BCUT2D eigenvalue weighted by molar-refractivity contribution is 1.13. The summed E-state index contributed by atoms with van der Waals surface area (Å²) in [6.07, 6.45) is 0. The zero-order valence-electron chi connectivity index (χ0n) is 9.74. The van der Waals surface area contributed by atoms with Gasteiger partial charge >= 0.3 is 0 Å². The molecule has 0 bridgehead atoms. The summed E-state index contributed by atoms with van der Waals surface area (Å²) < 4.78 is 2.30. The van der Waals surface area contributed by atoms with Crippen molar-refractivity contribution in [1.82, 2.24) is 4.98 Å². The Balaban J connectivity index is 1.81. The minimum Gasteiger partial charge on any atom is -0.357 e. The van der Waals surface area contributed by atoms with Crippen molar-refractivity contribution in [2.75, 3.05) is 5.32 Å². The second-order valence-electron chi connectivity index (χ2n) is 4.06. The van der Waals surface area contributed by atoms with E-state index >= 15 is 0 Å². The molecule has 5 heteroatoms. The van der Waals surface area contributed by atoms with Crippen LogP contribution >= 0.6 is 38.6 Å². The number of aryl methyl sites for hydroxylation is 1. The number of thiophene rings is 1. The zero-order chi connectivity index (χ0) is 12.5. The first-order chi connectivity index (χ1) is 8.72. The maximum absolute atomic E-state index is 4.57. The highest BCUT2D eigenvalue weighted by atomic mass is 79.9. The predicted octanol–water partition coefficient (Wildman–Crippen LogP) is 5.04. The van der Waals surface area contributed by atoms with E-state index in [2.05, 4.69) is 50.0 Å². The van der Waals surface area contributed by atoms with Gasteiger partial charge in [0.1, 0.15) is 0 Å². The van der Waals surface area contributed by atoms with E-state index in [1.54, 1.807) is 22.7 Å². The van der Waals surface area contributed by atoms with Crippen LogP contribution in [-0.2, 0) is 6.54 Å². The first kappa shape index (κ1) is 12.1. The fourth-order valence-corrected chi connectivity index (χ4v) is 3.98. The largest absolute Gasteiger partial charge is 0.357 e. The number of hydrogen-bond acceptors (Lipinski definition) is 4. The Labute approximate surface area is 122 Å². The first-order valence-electron chi connectivity index (χ1n) is 5.54. The average molecular weight is 339 g/mol. The van der Waals surface area contributed by atoms with Crippen LogP contribution in [0.4, 0.5) is 5.13 Å². The summed E-state index contributed by atoms with van der Waals surface area (Å²) in [5, 5.41) is 8.74. The van der Waals surface area contributed by atoms with Crippen LogP contribution in [0.15, 0.2) is 33.4 Å². The van der Waals surface area contributed by atoms with Crippen molar-refractivity contribution in [3.8, 4) is 0 Å². The number of nitrogens with zero attached hydrogens (tertiary/aromatic N) is 1. The number of fused-ring (bicyclic) bond motifs is 1. The van der Waals surface area contributed by atoms with Gasteiger partial charge in [-0.15, -0.1) is 0 Å². The number of rotatable bonds is 3. The number of thiazole rings is 1. The van der Waals surface area contributed by atoms with Gasteiger partial charge in [0.15, 0.2) is 5.13 Å². The van der Waals surface area contributed by atoms with Crippen LogP contribution < -0.4 is 5.32 Å². The van der Waals surface area contributed by atoms with Crippen molar-refractivity contribution in [2.45, 2.75) is 13.5 Å². The summed E-state index contributed by atoms with van der Waals surface area (Å²) >= 11 is 6.92. The molecule has 3 rings (SSSR count). The van der Waals surface area contributed by atoms with Gasteiger partial charge in [-0.05, 0) is 47.0 Å². The zero-order valence-corrected chi connectivity index (χ0v) is 13.0. The molecule has 0 saturated carbocycles. The second-order valence-corrected chi connectivity index (χ2v) is 6.75. The number of benzene rings is 1. The highest BCUT2D eigenvalue weighted by Gasteiger charge is 2.05. The van der Waals surface area contributed by atoms with Crippen LogP contribution in [0.25, 0.3) is 10.2 Å². The van der Waals surface area contributed by atoms with Gasteiger partial charge in [-0.2, -0.15) is 11.3 Å². The van der Waals surface area contributed by atoms with Gasteiger partial charge in [0, 0.05) is 11.0 Å². The second kappa shape index (κ2) is 4.99. The van der Waals surface area contributed by atoms with E-state index in [1.807, 2.05) is 12.1 Å². The Hall–Kier alpha value is -0.910. The van der Waals surface area contributed by atoms with E-state index in [1.165, 1.54) is 15.8 Å². The lowest BCUT2D eigenvalue weighted by Crippen LogP contribution is -1.98. The number of aromatic nitrogens is 1. The molecule has 0 fully saturated rings. The Morgan fingerprint density at radius 2 is 2.22 bits per heavy atom. The fraction of sp³-hybridized carbons (Fsp3) is 0.154. The molecule has 0 atom stereocenters. The van der Waals surface area contributed by atoms with Crippen LogP contribution in [0.5, 0.6) is 0 Å². The highest BCUT2D eigenvalue weighted by molar-refractivity contribution is 9.10. The lowest BCUT2D eigenvalue weighted by atomic mass is 10.2. The van der Waals surface area contributed by atoms with E-state index in [9.17, 15) is 0 Å². The average Bonchev–Trinajstić information content (AvgIpc) is 2.92.